The van der Waals surface area contributed by atoms with Gasteiger partial charge in [0.2, 0.25) is 5.91 Å². The smallest absolute Gasteiger partial charge is 0.340 e. The van der Waals surface area contributed by atoms with E-state index in [1.54, 1.807) is 25.5 Å². The SMILES string of the molecule is Cc1c(CC(=O)NCCc2cnc[nH]2)c(=O)oc2cc(O)ccc12. The van der Waals surface area contributed by atoms with Gasteiger partial charge in [-0.1, -0.05) is 0 Å². The Kier molecular flexibility index (Phi) is 4.33. The van der Waals surface area contributed by atoms with Gasteiger partial charge < -0.3 is 19.8 Å². The van der Waals surface area contributed by atoms with Crippen LogP contribution >= 0.6 is 0 Å². The van der Waals surface area contributed by atoms with Crippen molar-refractivity contribution in [1.29, 1.82) is 0 Å². The van der Waals surface area contributed by atoms with Crippen LogP contribution in [0, 0.1) is 6.92 Å². The fourth-order valence-electron chi connectivity index (χ4n) is 2.57. The summed E-state index contributed by atoms with van der Waals surface area (Å²) < 4.78 is 5.21. The summed E-state index contributed by atoms with van der Waals surface area (Å²) in [7, 11) is 0. The van der Waals surface area contributed by atoms with E-state index in [9.17, 15) is 14.7 Å². The standard InChI is InChI=1S/C17H17N3O4/c1-10-13-3-2-12(21)6-15(13)24-17(23)14(10)7-16(22)19-5-4-11-8-18-9-20-11/h2-3,6,8-9,21H,4-5,7H2,1H3,(H,18,20)(H,19,22). The Morgan fingerprint density at radius 2 is 2.25 bits per heavy atom. The number of nitrogens with one attached hydrogen (secondary N) is 2. The number of phenolic OH excluding ortho intramolecular Hbond substituents is 1. The molecule has 0 saturated carbocycles. The molecule has 0 aliphatic rings. The summed E-state index contributed by atoms with van der Waals surface area (Å²) >= 11 is 0. The summed E-state index contributed by atoms with van der Waals surface area (Å²) in [6.07, 6.45) is 3.87. The van der Waals surface area contributed by atoms with Crippen molar-refractivity contribution in [2.75, 3.05) is 6.54 Å². The summed E-state index contributed by atoms with van der Waals surface area (Å²) in [6, 6.07) is 4.57. The molecule has 3 N–H and O–H groups in total. The van der Waals surface area contributed by atoms with Crippen LogP contribution in [-0.4, -0.2) is 27.5 Å². The molecular weight excluding hydrogens is 310 g/mol. The van der Waals surface area contributed by atoms with Gasteiger partial charge >= 0.3 is 5.63 Å². The molecule has 2 aromatic heterocycles. The quantitative estimate of drug-likeness (QED) is 0.614. The molecule has 0 bridgehead atoms. The topological polar surface area (TPSA) is 108 Å². The lowest BCUT2D eigenvalue weighted by Crippen LogP contribution is -2.29. The van der Waals surface area contributed by atoms with Crippen molar-refractivity contribution in [3.05, 3.63) is 58.0 Å². The maximum atomic E-state index is 12.1. The molecule has 1 aromatic carbocycles. The van der Waals surface area contributed by atoms with Gasteiger partial charge in [-0.05, 0) is 24.6 Å². The highest BCUT2D eigenvalue weighted by Crippen LogP contribution is 2.23. The third-order valence-corrected chi connectivity index (χ3v) is 3.88. The first-order chi connectivity index (χ1) is 11.5. The first-order valence-electron chi connectivity index (χ1n) is 7.54. The first-order valence-corrected chi connectivity index (χ1v) is 7.54. The number of rotatable bonds is 5. The van der Waals surface area contributed by atoms with Crippen molar-refractivity contribution in [3.8, 4) is 5.75 Å². The number of phenols is 1. The number of aryl methyl sites for hydroxylation is 1. The number of carbonyl (C=O) groups excluding carboxylic acids is 1. The number of fused-ring (bicyclic) bond motifs is 1. The molecule has 0 aliphatic heterocycles. The van der Waals surface area contributed by atoms with Crippen LogP contribution in [0.2, 0.25) is 0 Å². The lowest BCUT2D eigenvalue weighted by Gasteiger charge is -2.08. The predicted molar refractivity (Wildman–Crippen MR) is 87.9 cm³/mol. The van der Waals surface area contributed by atoms with E-state index < -0.39 is 5.63 Å². The summed E-state index contributed by atoms with van der Waals surface area (Å²) in [4.78, 5) is 31.1. The third kappa shape index (κ3) is 3.29. The molecule has 0 radical (unpaired) electrons. The molecule has 0 aliphatic carbocycles. The molecule has 124 valence electrons. The minimum absolute atomic E-state index is 0.0225. The average Bonchev–Trinajstić information content (AvgIpc) is 3.04. The van der Waals surface area contributed by atoms with Crippen molar-refractivity contribution in [1.82, 2.24) is 15.3 Å². The highest BCUT2D eigenvalue weighted by atomic mass is 16.4. The molecule has 7 nitrogen and oxygen atoms in total. The van der Waals surface area contributed by atoms with E-state index in [0.717, 1.165) is 5.69 Å². The number of imidazole rings is 1. The Morgan fingerprint density at radius 3 is 3.00 bits per heavy atom. The minimum atomic E-state index is -0.561. The van der Waals surface area contributed by atoms with Crippen LogP contribution in [0.5, 0.6) is 5.75 Å². The van der Waals surface area contributed by atoms with Crippen LogP contribution in [-0.2, 0) is 17.6 Å². The van der Waals surface area contributed by atoms with E-state index in [1.807, 2.05) is 0 Å². The number of nitrogens with zero attached hydrogens (tertiary/aromatic N) is 1. The van der Waals surface area contributed by atoms with Crippen molar-refractivity contribution >= 4 is 16.9 Å². The fourth-order valence-corrected chi connectivity index (χ4v) is 2.57. The molecule has 2 heterocycles. The molecule has 1 amide bonds. The van der Waals surface area contributed by atoms with Crippen LogP contribution in [0.25, 0.3) is 11.0 Å². The van der Waals surface area contributed by atoms with E-state index in [2.05, 4.69) is 15.3 Å². The number of amides is 1. The molecule has 3 aromatic rings. The second kappa shape index (κ2) is 6.57. The molecular formula is C17H17N3O4. The first kappa shape index (κ1) is 15.8. The van der Waals surface area contributed by atoms with E-state index in [0.29, 0.717) is 35.1 Å². The molecule has 24 heavy (non-hydrogen) atoms. The van der Waals surface area contributed by atoms with Crippen molar-refractivity contribution in [2.45, 2.75) is 19.8 Å². The lowest BCUT2D eigenvalue weighted by atomic mass is 10.0. The summed E-state index contributed by atoms with van der Waals surface area (Å²) in [5.41, 5.74) is 1.68. The summed E-state index contributed by atoms with van der Waals surface area (Å²) in [6.45, 7) is 2.22. The zero-order valence-corrected chi connectivity index (χ0v) is 13.1. The summed E-state index contributed by atoms with van der Waals surface area (Å²) in [5.74, 6) is -0.225. The van der Waals surface area contributed by atoms with Gasteiger partial charge in [0.05, 0.1) is 18.3 Å². The lowest BCUT2D eigenvalue weighted by molar-refractivity contribution is -0.120. The average molecular weight is 327 g/mol. The maximum absolute atomic E-state index is 12.1. The number of aromatic nitrogens is 2. The van der Waals surface area contributed by atoms with Crippen LogP contribution < -0.4 is 10.9 Å². The molecule has 7 heteroatoms. The van der Waals surface area contributed by atoms with Crippen molar-refractivity contribution in [2.24, 2.45) is 0 Å². The Bertz CT molecular complexity index is 929. The number of aromatic amines is 1. The van der Waals surface area contributed by atoms with Gasteiger partial charge in [-0.3, -0.25) is 4.79 Å². The number of hydrogen-bond acceptors (Lipinski definition) is 5. The molecule has 0 saturated heterocycles. The highest BCUT2D eigenvalue weighted by molar-refractivity contribution is 5.85. The Labute approximate surface area is 137 Å². The number of carbonyl (C=O) groups is 1. The molecule has 0 atom stereocenters. The van der Waals surface area contributed by atoms with Gasteiger partial charge in [-0.15, -0.1) is 0 Å². The van der Waals surface area contributed by atoms with Crippen LogP contribution in [0.1, 0.15) is 16.8 Å². The fraction of sp³-hybridized carbons (Fsp3) is 0.235. The number of H-pyrrole nitrogens is 1. The monoisotopic (exact) mass is 327 g/mol. The van der Waals surface area contributed by atoms with E-state index in [4.69, 9.17) is 4.42 Å². The minimum Gasteiger partial charge on any atom is -0.508 e. The van der Waals surface area contributed by atoms with E-state index >= 15 is 0 Å². The zero-order chi connectivity index (χ0) is 17.1. The van der Waals surface area contributed by atoms with Gasteiger partial charge in [0.25, 0.3) is 0 Å². The van der Waals surface area contributed by atoms with Crippen molar-refractivity contribution < 1.29 is 14.3 Å². The molecule has 3 rings (SSSR count). The predicted octanol–water partition coefficient (Wildman–Crippen LogP) is 1.43. The van der Waals surface area contributed by atoms with Crippen LogP contribution in [0.15, 0.2) is 39.9 Å². The van der Waals surface area contributed by atoms with E-state index in [-0.39, 0.29) is 18.1 Å². The molecule has 0 unspecified atom stereocenters. The second-order valence-electron chi connectivity index (χ2n) is 5.53. The normalized spacial score (nSPS) is 10.9. The van der Waals surface area contributed by atoms with Crippen LogP contribution in [0.4, 0.5) is 0 Å². The van der Waals surface area contributed by atoms with Gasteiger partial charge in [0, 0.05) is 36.3 Å². The van der Waals surface area contributed by atoms with E-state index in [1.165, 1.54) is 12.1 Å². The Balaban J connectivity index is 1.73. The van der Waals surface area contributed by atoms with Gasteiger partial charge in [0.15, 0.2) is 0 Å². The second-order valence-corrected chi connectivity index (χ2v) is 5.53. The van der Waals surface area contributed by atoms with Gasteiger partial charge in [-0.25, -0.2) is 9.78 Å². The summed E-state index contributed by atoms with van der Waals surface area (Å²) in [5, 5.41) is 12.9. The van der Waals surface area contributed by atoms with Crippen molar-refractivity contribution in [3.63, 3.8) is 0 Å². The number of benzene rings is 1. The van der Waals surface area contributed by atoms with Gasteiger partial charge in [0.1, 0.15) is 11.3 Å². The highest BCUT2D eigenvalue weighted by Gasteiger charge is 2.15. The van der Waals surface area contributed by atoms with Gasteiger partial charge in [-0.2, -0.15) is 0 Å². The number of aromatic hydroxyl groups is 1. The largest absolute Gasteiger partial charge is 0.508 e. The zero-order valence-electron chi connectivity index (χ0n) is 13.1. The third-order valence-electron chi connectivity index (χ3n) is 3.88. The Hall–Kier alpha value is -3.09. The maximum Gasteiger partial charge on any atom is 0.340 e. The molecule has 0 fully saturated rings. The Morgan fingerprint density at radius 1 is 1.42 bits per heavy atom. The molecule has 0 spiro atoms. The number of hydrogen-bond donors (Lipinski definition) is 3. The van der Waals surface area contributed by atoms with Crippen LogP contribution in [0.3, 0.4) is 0 Å².